The monoisotopic (exact) mass is 514 g/mol. The number of rotatable bonds is 9. The summed E-state index contributed by atoms with van der Waals surface area (Å²) in [6, 6.07) is 18.1. The van der Waals surface area contributed by atoms with Crippen molar-refractivity contribution in [1.29, 1.82) is 0 Å². The molecule has 196 valence electrons. The summed E-state index contributed by atoms with van der Waals surface area (Å²) >= 11 is 0. The van der Waals surface area contributed by atoms with Crippen LogP contribution in [-0.4, -0.2) is 37.9 Å². The molecule has 1 heterocycles. The third-order valence-electron chi connectivity index (χ3n) is 6.65. The van der Waals surface area contributed by atoms with E-state index in [-0.39, 0.29) is 18.2 Å². The number of nitrogens with two attached hydrogens (primary N) is 1. The molecule has 0 spiro atoms. The minimum absolute atomic E-state index is 0.237. The molecular weight excluding hydrogens is 485 g/mol. The van der Waals surface area contributed by atoms with Crippen LogP contribution in [0.5, 0.6) is 17.2 Å². The van der Waals surface area contributed by atoms with Crippen molar-refractivity contribution in [3.63, 3.8) is 0 Å². The van der Waals surface area contributed by atoms with E-state index in [1.165, 1.54) is 12.1 Å². The number of hydrogen-bond donors (Lipinski definition) is 1. The molecule has 0 fully saturated rings. The summed E-state index contributed by atoms with van der Waals surface area (Å²) in [4.78, 5) is 14.8. The first-order valence-electron chi connectivity index (χ1n) is 11.9. The zero-order valence-corrected chi connectivity index (χ0v) is 20.6. The van der Waals surface area contributed by atoms with Crippen molar-refractivity contribution in [2.45, 2.75) is 37.7 Å². The molecule has 0 bridgehead atoms. The van der Waals surface area contributed by atoms with E-state index in [2.05, 4.69) is 4.74 Å². The summed E-state index contributed by atoms with van der Waals surface area (Å²) in [5.74, 6) is 0.386. The maximum absolute atomic E-state index is 13.0. The molecule has 3 aromatic rings. The largest absolute Gasteiger partial charge is 0.573 e. The highest BCUT2D eigenvalue weighted by Gasteiger charge is 2.37. The first-order valence-corrected chi connectivity index (χ1v) is 11.9. The number of alkyl halides is 3. The van der Waals surface area contributed by atoms with E-state index in [4.69, 9.17) is 15.2 Å². The molecule has 6 nitrogen and oxygen atoms in total. The Morgan fingerprint density at radius 3 is 2.30 bits per heavy atom. The second-order valence-corrected chi connectivity index (χ2v) is 8.82. The number of nitrogens with zero attached hydrogens (tertiary/aromatic N) is 1. The normalized spacial score (nSPS) is 16.5. The summed E-state index contributed by atoms with van der Waals surface area (Å²) in [7, 11) is 3.10. The van der Waals surface area contributed by atoms with Crippen LogP contribution >= 0.6 is 0 Å². The Balaban J connectivity index is 1.75. The molecule has 37 heavy (non-hydrogen) atoms. The van der Waals surface area contributed by atoms with Gasteiger partial charge in [0, 0.05) is 12.6 Å². The van der Waals surface area contributed by atoms with Crippen LogP contribution in [0.2, 0.25) is 0 Å². The summed E-state index contributed by atoms with van der Waals surface area (Å²) < 4.78 is 54.3. The first-order chi connectivity index (χ1) is 17.7. The van der Waals surface area contributed by atoms with Crippen LogP contribution in [0.3, 0.4) is 0 Å². The van der Waals surface area contributed by atoms with Crippen LogP contribution in [-0.2, 0) is 17.6 Å². The molecule has 1 aliphatic rings. The molecule has 4 rings (SSSR count). The van der Waals surface area contributed by atoms with Gasteiger partial charge in [-0.3, -0.25) is 9.69 Å². The molecule has 1 aliphatic heterocycles. The number of methoxy groups -OCH3 is 2. The summed E-state index contributed by atoms with van der Waals surface area (Å²) in [5.41, 5.74) is 9.03. The van der Waals surface area contributed by atoms with E-state index in [1.807, 2.05) is 47.4 Å². The van der Waals surface area contributed by atoms with Gasteiger partial charge >= 0.3 is 6.36 Å². The highest BCUT2D eigenvalue weighted by Crippen LogP contribution is 2.43. The minimum atomic E-state index is -4.80. The Morgan fingerprint density at radius 2 is 1.65 bits per heavy atom. The molecule has 3 aromatic carbocycles. The van der Waals surface area contributed by atoms with Gasteiger partial charge in [0.1, 0.15) is 11.8 Å². The lowest BCUT2D eigenvalue weighted by Gasteiger charge is -2.41. The number of para-hydroxylation sites is 1. The number of benzene rings is 3. The van der Waals surface area contributed by atoms with Crippen molar-refractivity contribution in [2.75, 3.05) is 20.8 Å². The average Bonchev–Trinajstić information content (AvgIpc) is 2.87. The second kappa shape index (κ2) is 11.1. The number of ether oxygens (including phenoxy) is 3. The van der Waals surface area contributed by atoms with Crippen LogP contribution in [0.4, 0.5) is 13.2 Å². The number of amides is 1. The van der Waals surface area contributed by atoms with Gasteiger partial charge in [-0.1, -0.05) is 48.5 Å². The second-order valence-electron chi connectivity index (χ2n) is 8.82. The summed E-state index contributed by atoms with van der Waals surface area (Å²) in [5, 5.41) is 0. The first kappa shape index (κ1) is 26.3. The Morgan fingerprint density at radius 1 is 1.00 bits per heavy atom. The third kappa shape index (κ3) is 5.99. The number of hydrogen-bond acceptors (Lipinski definition) is 5. The molecule has 0 radical (unpaired) electrons. The van der Waals surface area contributed by atoms with Crippen LogP contribution in [0, 0.1) is 0 Å². The Hall–Kier alpha value is -3.72. The van der Waals surface area contributed by atoms with Crippen LogP contribution in [0.1, 0.15) is 40.8 Å². The molecule has 1 unspecified atom stereocenters. The topological polar surface area (TPSA) is 74.0 Å². The highest BCUT2D eigenvalue weighted by atomic mass is 19.4. The van der Waals surface area contributed by atoms with E-state index in [0.29, 0.717) is 36.4 Å². The highest BCUT2D eigenvalue weighted by molar-refractivity contribution is 5.81. The van der Waals surface area contributed by atoms with Crippen molar-refractivity contribution < 1.29 is 32.2 Å². The van der Waals surface area contributed by atoms with E-state index >= 15 is 0 Å². The van der Waals surface area contributed by atoms with Crippen LogP contribution in [0.25, 0.3) is 0 Å². The number of aryl methyl sites for hydroxylation is 1. The van der Waals surface area contributed by atoms with Crippen molar-refractivity contribution in [3.05, 3.63) is 89.0 Å². The zero-order chi connectivity index (χ0) is 26.6. The lowest BCUT2D eigenvalue weighted by Crippen LogP contribution is -2.44. The van der Waals surface area contributed by atoms with Gasteiger partial charge in [0.05, 0.1) is 14.2 Å². The maximum Gasteiger partial charge on any atom is 0.573 e. The van der Waals surface area contributed by atoms with E-state index in [9.17, 15) is 18.0 Å². The lowest BCUT2D eigenvalue weighted by atomic mass is 9.86. The molecule has 0 saturated carbocycles. The zero-order valence-electron chi connectivity index (χ0n) is 20.6. The molecule has 0 aliphatic carbocycles. The molecule has 0 saturated heterocycles. The smallest absolute Gasteiger partial charge is 0.493 e. The molecular formula is C28H29F3N2O4. The third-order valence-corrected chi connectivity index (χ3v) is 6.65. The predicted octanol–water partition coefficient (Wildman–Crippen LogP) is 5.36. The number of primary amides is 1. The van der Waals surface area contributed by atoms with Gasteiger partial charge in [-0.05, 0) is 59.7 Å². The van der Waals surface area contributed by atoms with Crippen molar-refractivity contribution in [3.8, 4) is 17.2 Å². The number of carbonyl (C=O) groups is 1. The summed E-state index contributed by atoms with van der Waals surface area (Å²) in [6.45, 7) is 0.524. The van der Waals surface area contributed by atoms with Crippen molar-refractivity contribution >= 4 is 5.91 Å². The fourth-order valence-electron chi connectivity index (χ4n) is 5.06. The van der Waals surface area contributed by atoms with Crippen molar-refractivity contribution in [1.82, 2.24) is 4.90 Å². The molecule has 1 amide bonds. The van der Waals surface area contributed by atoms with Gasteiger partial charge in [0.2, 0.25) is 5.91 Å². The molecule has 2 N–H and O–H groups in total. The molecule has 0 aromatic heterocycles. The van der Waals surface area contributed by atoms with E-state index in [0.717, 1.165) is 16.7 Å². The van der Waals surface area contributed by atoms with Gasteiger partial charge in [0.15, 0.2) is 11.5 Å². The standard InChI is InChI=1S/C28H29F3N2O4/c1-35-24-16-20-14-15-33(26(27(32)34)19-9-4-3-5-10-19)22(21(20)17-25(24)36-2)13-12-18-8-6-7-11-23(18)37-28(29,30)31/h3-11,16-17,22,26H,12-15H2,1-2H3,(H2,32,34)/t22-,26?/m0/s1. The number of halogens is 3. The lowest BCUT2D eigenvalue weighted by molar-refractivity contribution is -0.274. The number of fused-ring (bicyclic) bond motifs is 1. The van der Waals surface area contributed by atoms with Crippen molar-refractivity contribution in [2.24, 2.45) is 5.73 Å². The van der Waals surface area contributed by atoms with Gasteiger partial charge < -0.3 is 19.9 Å². The van der Waals surface area contributed by atoms with Crippen LogP contribution in [0.15, 0.2) is 66.7 Å². The quantitative estimate of drug-likeness (QED) is 0.416. The van der Waals surface area contributed by atoms with Crippen LogP contribution < -0.4 is 19.9 Å². The molecule has 9 heteroatoms. The average molecular weight is 515 g/mol. The Bertz CT molecular complexity index is 1230. The maximum atomic E-state index is 13.0. The van der Waals surface area contributed by atoms with Gasteiger partial charge in [0.25, 0.3) is 0 Å². The Labute approximate surface area is 213 Å². The van der Waals surface area contributed by atoms with Gasteiger partial charge in [-0.25, -0.2) is 0 Å². The van der Waals surface area contributed by atoms with Gasteiger partial charge in [-0.2, -0.15) is 0 Å². The van der Waals surface area contributed by atoms with E-state index in [1.54, 1.807) is 26.4 Å². The minimum Gasteiger partial charge on any atom is -0.493 e. The fourth-order valence-corrected chi connectivity index (χ4v) is 5.06. The Kier molecular flexibility index (Phi) is 7.92. The molecule has 2 atom stereocenters. The van der Waals surface area contributed by atoms with Gasteiger partial charge in [-0.15, -0.1) is 13.2 Å². The number of carbonyl (C=O) groups excluding carboxylic acids is 1. The van der Waals surface area contributed by atoms with E-state index < -0.39 is 18.3 Å². The fraction of sp³-hybridized carbons (Fsp3) is 0.321. The summed E-state index contributed by atoms with van der Waals surface area (Å²) in [6.07, 6.45) is -3.47. The SMILES string of the molecule is COc1cc2c(cc1OC)[C@H](CCc1ccccc1OC(F)(F)F)N(C(C(N)=O)c1ccccc1)CC2. The predicted molar refractivity (Wildman–Crippen MR) is 133 cm³/mol.